The first kappa shape index (κ1) is 31.1. The van der Waals surface area contributed by atoms with Gasteiger partial charge in [0.25, 0.3) is 0 Å². The quantitative estimate of drug-likeness (QED) is 0.161. The number of ether oxygens (including phenoxy) is 4. The Morgan fingerprint density at radius 2 is 1.30 bits per heavy atom. The SMILES string of the molecule is COc1cc2c(cc1OC)-c1c(-c3ccc(OS(C)(=O)=O)c(OC)c3)c3c4cc(OC)c(OS(C)(=O)=O)cc4oc(=O)c3n1CC2. The third kappa shape index (κ3) is 5.34. The molecule has 1 aliphatic heterocycles. The van der Waals surface area contributed by atoms with Gasteiger partial charge in [0.05, 0.1) is 46.6 Å². The van der Waals surface area contributed by atoms with Gasteiger partial charge >= 0.3 is 25.9 Å². The molecule has 46 heavy (non-hydrogen) atoms. The first-order valence-electron chi connectivity index (χ1n) is 13.7. The van der Waals surface area contributed by atoms with Crippen molar-refractivity contribution < 1.29 is 48.6 Å². The van der Waals surface area contributed by atoms with Crippen molar-refractivity contribution in [2.75, 3.05) is 41.0 Å². The second kappa shape index (κ2) is 11.2. The van der Waals surface area contributed by atoms with E-state index < -0.39 is 25.9 Å². The highest BCUT2D eigenvalue weighted by molar-refractivity contribution is 7.86. The Morgan fingerprint density at radius 3 is 1.93 bits per heavy atom. The molecule has 0 N–H and O–H groups in total. The monoisotopic (exact) mass is 671 g/mol. The summed E-state index contributed by atoms with van der Waals surface area (Å²) in [4.78, 5) is 13.8. The van der Waals surface area contributed by atoms with Crippen LogP contribution in [0.15, 0.2) is 51.7 Å². The predicted molar refractivity (Wildman–Crippen MR) is 170 cm³/mol. The molecule has 0 amide bonds. The van der Waals surface area contributed by atoms with Crippen molar-refractivity contribution >= 4 is 42.1 Å². The van der Waals surface area contributed by atoms with E-state index in [-0.39, 0.29) is 34.1 Å². The summed E-state index contributed by atoms with van der Waals surface area (Å²) in [6.45, 7) is 0.406. The van der Waals surface area contributed by atoms with Crippen LogP contribution in [0, 0.1) is 0 Å². The minimum atomic E-state index is -3.95. The summed E-state index contributed by atoms with van der Waals surface area (Å²) in [5, 5.41) is 0.911. The normalized spacial score (nSPS) is 12.8. The van der Waals surface area contributed by atoms with Crippen LogP contribution < -0.4 is 32.9 Å². The summed E-state index contributed by atoms with van der Waals surface area (Å²) in [6.07, 6.45) is 2.37. The Bertz CT molecular complexity index is 2340. The Labute approximate surface area is 264 Å². The van der Waals surface area contributed by atoms with Gasteiger partial charge in [-0.2, -0.15) is 16.8 Å². The van der Waals surface area contributed by atoms with Crippen molar-refractivity contribution in [3.63, 3.8) is 0 Å². The highest BCUT2D eigenvalue weighted by Crippen LogP contribution is 2.50. The molecule has 0 spiro atoms. The number of aryl methyl sites for hydroxylation is 2. The third-order valence-electron chi connectivity index (χ3n) is 7.60. The summed E-state index contributed by atoms with van der Waals surface area (Å²) < 4.78 is 88.0. The van der Waals surface area contributed by atoms with Crippen molar-refractivity contribution in [2.24, 2.45) is 0 Å². The molecule has 5 aromatic rings. The zero-order chi connectivity index (χ0) is 33.1. The van der Waals surface area contributed by atoms with Crippen LogP contribution in [-0.4, -0.2) is 62.4 Å². The van der Waals surface area contributed by atoms with E-state index in [1.54, 1.807) is 25.3 Å². The Balaban J connectivity index is 1.78. The molecule has 0 fully saturated rings. The molecule has 0 bridgehead atoms. The summed E-state index contributed by atoms with van der Waals surface area (Å²) >= 11 is 0. The Hall–Kier alpha value is -4.89. The molecule has 242 valence electrons. The zero-order valence-corrected chi connectivity index (χ0v) is 27.3. The van der Waals surface area contributed by atoms with Crippen molar-refractivity contribution in [3.8, 4) is 56.9 Å². The highest BCUT2D eigenvalue weighted by Gasteiger charge is 2.31. The van der Waals surface area contributed by atoms with Crippen molar-refractivity contribution in [2.45, 2.75) is 13.0 Å². The summed E-state index contributed by atoms with van der Waals surface area (Å²) in [6, 6.07) is 11.3. The molecule has 3 aromatic carbocycles. The van der Waals surface area contributed by atoms with Crippen LogP contribution in [0.2, 0.25) is 0 Å². The molecular weight excluding hydrogens is 642 g/mol. The van der Waals surface area contributed by atoms with Crippen LogP contribution in [0.1, 0.15) is 5.56 Å². The van der Waals surface area contributed by atoms with Crippen molar-refractivity contribution in [1.82, 2.24) is 4.57 Å². The molecule has 0 aliphatic carbocycles. The molecule has 1 aliphatic rings. The molecule has 0 atom stereocenters. The number of rotatable bonds is 9. The highest BCUT2D eigenvalue weighted by atomic mass is 32.2. The lowest BCUT2D eigenvalue weighted by Crippen LogP contribution is -2.15. The fourth-order valence-electron chi connectivity index (χ4n) is 5.87. The fraction of sp³-hybridized carbons (Fsp3) is 0.258. The van der Waals surface area contributed by atoms with E-state index in [1.165, 1.54) is 33.5 Å². The van der Waals surface area contributed by atoms with E-state index in [9.17, 15) is 21.6 Å². The average molecular weight is 672 g/mol. The van der Waals surface area contributed by atoms with E-state index in [0.717, 1.165) is 23.6 Å². The predicted octanol–water partition coefficient (Wildman–Crippen LogP) is 4.35. The second-order valence-corrected chi connectivity index (χ2v) is 13.7. The maximum Gasteiger partial charge on any atom is 0.361 e. The summed E-state index contributed by atoms with van der Waals surface area (Å²) in [7, 11) is -2.00. The van der Waals surface area contributed by atoms with Gasteiger partial charge in [-0.05, 0) is 47.9 Å². The number of methoxy groups -OCH3 is 4. The lowest BCUT2D eigenvalue weighted by Gasteiger charge is -2.23. The minimum Gasteiger partial charge on any atom is -0.493 e. The number of nitrogens with zero attached hydrogens (tertiary/aromatic N) is 1. The van der Waals surface area contributed by atoms with Crippen LogP contribution in [0.5, 0.6) is 34.5 Å². The fourth-order valence-corrected chi connectivity index (χ4v) is 6.79. The van der Waals surface area contributed by atoms with Gasteiger partial charge in [0, 0.05) is 34.5 Å². The molecule has 0 radical (unpaired) electrons. The average Bonchev–Trinajstić information content (AvgIpc) is 3.35. The van der Waals surface area contributed by atoms with E-state index in [0.29, 0.717) is 52.1 Å². The first-order valence-corrected chi connectivity index (χ1v) is 17.3. The van der Waals surface area contributed by atoms with Crippen molar-refractivity contribution in [3.05, 3.63) is 58.4 Å². The largest absolute Gasteiger partial charge is 0.493 e. The molecule has 6 rings (SSSR count). The maximum absolute atomic E-state index is 13.8. The maximum atomic E-state index is 13.8. The Kier molecular flexibility index (Phi) is 7.55. The van der Waals surface area contributed by atoms with E-state index in [2.05, 4.69) is 0 Å². The van der Waals surface area contributed by atoms with Gasteiger partial charge in [-0.3, -0.25) is 0 Å². The van der Waals surface area contributed by atoms with Gasteiger partial charge in [-0.15, -0.1) is 0 Å². The van der Waals surface area contributed by atoms with Gasteiger partial charge in [-0.1, -0.05) is 6.07 Å². The molecule has 15 heteroatoms. The lowest BCUT2D eigenvalue weighted by molar-refractivity contribution is 0.354. The Morgan fingerprint density at radius 1 is 0.717 bits per heavy atom. The van der Waals surface area contributed by atoms with Crippen LogP contribution in [-0.2, 0) is 33.2 Å². The van der Waals surface area contributed by atoms with Gasteiger partial charge in [0.15, 0.2) is 34.5 Å². The van der Waals surface area contributed by atoms with Gasteiger partial charge in [-0.25, -0.2) is 4.79 Å². The molecule has 13 nitrogen and oxygen atoms in total. The molecule has 0 saturated heterocycles. The standard InChI is InChI=1S/C31H29NO12S2/c1-38-22-12-17(7-8-20(22)43-45(5,34)35)27-28-19-14-25(41-4)26(44-46(6,36)37)15-21(19)42-31(33)30(28)32-10-9-16-11-23(39-2)24(40-3)13-18(16)29(27)32/h7-8,11-15H,9-10H2,1-6H3. The molecule has 0 saturated carbocycles. The number of aromatic nitrogens is 1. The number of fused-ring (bicyclic) bond motifs is 7. The van der Waals surface area contributed by atoms with Crippen LogP contribution >= 0.6 is 0 Å². The first-order chi connectivity index (χ1) is 21.8. The van der Waals surface area contributed by atoms with Gasteiger partial charge < -0.3 is 36.3 Å². The number of hydrogen-bond acceptors (Lipinski definition) is 12. The molecule has 3 heterocycles. The van der Waals surface area contributed by atoms with E-state index in [1.807, 2.05) is 16.7 Å². The summed E-state index contributed by atoms with van der Waals surface area (Å²) in [5.41, 5.74) is 3.15. The van der Waals surface area contributed by atoms with Gasteiger partial charge in [0.2, 0.25) is 0 Å². The number of benzene rings is 3. The lowest BCUT2D eigenvalue weighted by atomic mass is 9.91. The third-order valence-corrected chi connectivity index (χ3v) is 8.56. The number of hydrogen-bond donors (Lipinski definition) is 0. The minimum absolute atomic E-state index is 0.0217. The van der Waals surface area contributed by atoms with E-state index >= 15 is 0 Å². The van der Waals surface area contributed by atoms with Gasteiger partial charge in [0.1, 0.15) is 11.1 Å². The van der Waals surface area contributed by atoms with Crippen LogP contribution in [0.4, 0.5) is 0 Å². The molecule has 2 aromatic heterocycles. The second-order valence-electron chi connectivity index (χ2n) is 10.5. The van der Waals surface area contributed by atoms with Crippen molar-refractivity contribution in [1.29, 1.82) is 0 Å². The van der Waals surface area contributed by atoms with Crippen LogP contribution in [0.3, 0.4) is 0 Å². The summed E-state index contributed by atoms with van der Waals surface area (Å²) in [5.74, 6) is 1.06. The zero-order valence-electron chi connectivity index (χ0n) is 25.6. The molecule has 0 unspecified atom stereocenters. The topological polar surface area (TPSA) is 159 Å². The van der Waals surface area contributed by atoms with E-state index in [4.69, 9.17) is 31.7 Å². The smallest absolute Gasteiger partial charge is 0.361 e. The van der Waals surface area contributed by atoms with Crippen LogP contribution in [0.25, 0.3) is 44.3 Å². The molecular formula is C31H29NO12S2.